The summed E-state index contributed by atoms with van der Waals surface area (Å²) in [5.74, 6) is -1.11. The molecule has 0 rings (SSSR count). The number of carboxylic acid groups (broad SMARTS) is 1. The maximum atomic E-state index is 10.8. The highest BCUT2D eigenvalue weighted by atomic mass is 16.5. The van der Waals surface area contributed by atoms with Gasteiger partial charge in [-0.2, -0.15) is 0 Å². The molecule has 0 aliphatic carbocycles. The molecule has 0 aromatic heterocycles. The molecule has 19 heavy (non-hydrogen) atoms. The molecule has 0 aromatic rings. The second-order valence-electron chi connectivity index (χ2n) is 3.66. The average molecular weight is 278 g/mol. The molecule has 0 fully saturated rings. The molecule has 8 nitrogen and oxygen atoms in total. The van der Waals surface area contributed by atoms with Gasteiger partial charge in [-0.15, -0.1) is 4.91 Å². The van der Waals surface area contributed by atoms with Crippen molar-refractivity contribution < 1.29 is 24.5 Å². The number of methoxy groups -OCH3 is 1. The van der Waals surface area contributed by atoms with E-state index in [2.05, 4.69) is 10.0 Å². The highest BCUT2D eigenvalue weighted by Gasteiger charge is 2.05. The quantitative estimate of drug-likeness (QED) is 0.277. The molecule has 0 unspecified atom stereocenters. The maximum absolute atomic E-state index is 10.8. The molecule has 0 spiro atoms. The zero-order chi connectivity index (χ0) is 15.1. The topological polar surface area (TPSA) is 116 Å². The van der Waals surface area contributed by atoms with Crippen LogP contribution in [0.5, 0.6) is 0 Å². The minimum absolute atomic E-state index is 0.120. The molecule has 2 N–H and O–H groups in total. The maximum Gasteiger partial charge on any atom is 0.305 e. The molecular weight excluding hydrogens is 256 g/mol. The van der Waals surface area contributed by atoms with Gasteiger partial charge in [-0.05, 0) is 19.3 Å². The first kappa shape index (κ1) is 19.6. The third-order valence-corrected chi connectivity index (χ3v) is 1.96. The van der Waals surface area contributed by atoms with Crippen LogP contribution < -0.4 is 0 Å². The Morgan fingerprint density at radius 1 is 1.21 bits per heavy atom. The number of aliphatic carboxylic acids is 1. The van der Waals surface area contributed by atoms with Gasteiger partial charge in [0.05, 0.1) is 12.4 Å². The van der Waals surface area contributed by atoms with Crippen LogP contribution in [0.15, 0.2) is 5.29 Å². The van der Waals surface area contributed by atoms with Gasteiger partial charge in [-0.25, -0.2) is 0 Å². The summed E-state index contributed by atoms with van der Waals surface area (Å²) in [7, 11) is 1.33. The van der Waals surface area contributed by atoms with Gasteiger partial charge in [0.1, 0.15) is 0 Å². The fraction of sp³-hybridized carbons (Fsp3) is 0.818. The number of aliphatic hydroxyl groups excluding tert-OH is 1. The van der Waals surface area contributed by atoms with E-state index < -0.39 is 5.97 Å². The van der Waals surface area contributed by atoms with Crippen LogP contribution in [0.3, 0.4) is 0 Å². The van der Waals surface area contributed by atoms with E-state index in [1.807, 2.05) is 0 Å². The molecule has 0 heterocycles. The van der Waals surface area contributed by atoms with Crippen LogP contribution in [0.4, 0.5) is 0 Å². The number of unbranched alkanes of at least 4 members (excludes halogenated alkanes) is 1. The predicted molar refractivity (Wildman–Crippen MR) is 68.2 cm³/mol. The molecule has 0 aliphatic rings. The van der Waals surface area contributed by atoms with Crippen LogP contribution in [0, 0.1) is 4.91 Å². The van der Waals surface area contributed by atoms with E-state index in [0.29, 0.717) is 32.4 Å². The van der Waals surface area contributed by atoms with Crippen LogP contribution in [-0.4, -0.2) is 54.0 Å². The van der Waals surface area contributed by atoms with Crippen molar-refractivity contribution in [1.29, 1.82) is 0 Å². The smallest absolute Gasteiger partial charge is 0.305 e. The van der Waals surface area contributed by atoms with E-state index in [1.54, 1.807) is 0 Å². The number of rotatable bonds is 9. The normalized spacial score (nSPS) is 9.00. The van der Waals surface area contributed by atoms with Crippen molar-refractivity contribution in [3.8, 4) is 0 Å². The molecule has 0 bridgehead atoms. The number of carboxylic acids is 1. The van der Waals surface area contributed by atoms with Crippen molar-refractivity contribution in [3.05, 3.63) is 4.91 Å². The first-order valence-electron chi connectivity index (χ1n) is 5.93. The molecule has 0 aromatic carbocycles. The van der Waals surface area contributed by atoms with E-state index >= 15 is 0 Å². The molecular formula is C11H22N2O6. The Hall–Kier alpha value is -1.70. The van der Waals surface area contributed by atoms with Crippen molar-refractivity contribution in [3.63, 3.8) is 0 Å². The molecule has 8 heteroatoms. The summed E-state index contributed by atoms with van der Waals surface area (Å²) in [4.78, 5) is 30.1. The van der Waals surface area contributed by atoms with E-state index in [9.17, 15) is 9.70 Å². The Morgan fingerprint density at radius 3 is 2.16 bits per heavy atom. The number of ether oxygens (including phenoxy) is 1. The fourth-order valence-corrected chi connectivity index (χ4v) is 1.11. The van der Waals surface area contributed by atoms with Crippen LogP contribution in [-0.2, 0) is 14.3 Å². The summed E-state index contributed by atoms with van der Waals surface area (Å²) in [6.07, 6.45) is 2.23. The number of hydrogen-bond donors (Lipinski definition) is 2. The van der Waals surface area contributed by atoms with Gasteiger partial charge in [0.15, 0.2) is 0 Å². The van der Waals surface area contributed by atoms with Crippen LogP contribution in [0.1, 0.15) is 32.6 Å². The third-order valence-electron chi connectivity index (χ3n) is 1.96. The lowest BCUT2D eigenvalue weighted by Gasteiger charge is -2.13. The Balaban J connectivity index is 0. The van der Waals surface area contributed by atoms with Crippen molar-refractivity contribution in [1.82, 2.24) is 5.01 Å². The summed E-state index contributed by atoms with van der Waals surface area (Å²) in [5, 5.41) is 20.2. The van der Waals surface area contributed by atoms with Crippen LogP contribution in [0.2, 0.25) is 0 Å². The molecule has 0 saturated carbocycles. The molecule has 0 amide bonds. The average Bonchev–Trinajstić information content (AvgIpc) is 2.36. The predicted octanol–water partition coefficient (Wildman–Crippen LogP) is 0.786. The number of aliphatic hydroxyl groups is 1. The zero-order valence-electron chi connectivity index (χ0n) is 11.4. The van der Waals surface area contributed by atoms with Gasteiger partial charge < -0.3 is 14.9 Å². The lowest BCUT2D eigenvalue weighted by molar-refractivity contribution is -0.140. The largest absolute Gasteiger partial charge is 0.481 e. The van der Waals surface area contributed by atoms with E-state index in [4.69, 9.17) is 15.0 Å². The lowest BCUT2D eigenvalue weighted by Crippen LogP contribution is -2.20. The Kier molecular flexibility index (Phi) is 14.8. The Bertz CT molecular complexity index is 256. The number of esters is 1. The number of hydrogen-bond acceptors (Lipinski definition) is 6. The zero-order valence-corrected chi connectivity index (χ0v) is 11.4. The van der Waals surface area contributed by atoms with Crippen molar-refractivity contribution in [2.75, 3.05) is 26.8 Å². The monoisotopic (exact) mass is 278 g/mol. The highest BCUT2D eigenvalue weighted by Crippen LogP contribution is 2.00. The van der Waals surface area contributed by atoms with E-state index in [1.165, 1.54) is 12.1 Å². The SMILES string of the molecule is CC(=O)O.COC(=O)CCCN(CCCCO)N=O. The minimum Gasteiger partial charge on any atom is -0.481 e. The first-order valence-corrected chi connectivity index (χ1v) is 5.93. The number of carbonyl (C=O) groups is 2. The molecule has 112 valence electrons. The molecule has 0 atom stereocenters. The second-order valence-corrected chi connectivity index (χ2v) is 3.66. The van der Waals surface area contributed by atoms with E-state index in [-0.39, 0.29) is 12.6 Å². The Morgan fingerprint density at radius 2 is 1.74 bits per heavy atom. The van der Waals surface area contributed by atoms with Crippen molar-refractivity contribution in [2.24, 2.45) is 5.29 Å². The summed E-state index contributed by atoms with van der Waals surface area (Å²) in [5.41, 5.74) is 0. The lowest BCUT2D eigenvalue weighted by atomic mass is 10.3. The van der Waals surface area contributed by atoms with Gasteiger partial charge in [-0.1, -0.05) is 0 Å². The van der Waals surface area contributed by atoms with Crippen molar-refractivity contribution >= 4 is 11.9 Å². The summed E-state index contributed by atoms with van der Waals surface area (Å²) >= 11 is 0. The summed E-state index contributed by atoms with van der Waals surface area (Å²) in [6.45, 7) is 2.17. The number of nitrogens with zero attached hydrogens (tertiary/aromatic N) is 2. The summed E-state index contributed by atoms with van der Waals surface area (Å²) in [6, 6.07) is 0. The molecule has 0 radical (unpaired) electrons. The van der Waals surface area contributed by atoms with Gasteiger partial charge in [0.25, 0.3) is 5.97 Å². The minimum atomic E-state index is -0.833. The van der Waals surface area contributed by atoms with Crippen LogP contribution in [0.25, 0.3) is 0 Å². The number of carbonyl (C=O) groups excluding carboxylic acids is 1. The van der Waals surface area contributed by atoms with E-state index in [0.717, 1.165) is 13.3 Å². The van der Waals surface area contributed by atoms with Gasteiger partial charge >= 0.3 is 5.97 Å². The van der Waals surface area contributed by atoms with Gasteiger partial charge in [0.2, 0.25) is 0 Å². The fourth-order valence-electron chi connectivity index (χ4n) is 1.11. The van der Waals surface area contributed by atoms with Gasteiger partial charge in [-0.3, -0.25) is 14.6 Å². The highest BCUT2D eigenvalue weighted by molar-refractivity contribution is 5.69. The summed E-state index contributed by atoms with van der Waals surface area (Å²) < 4.78 is 4.46. The standard InChI is InChI=1S/C9H18N2O4.C2H4O2/c1-15-9(13)5-4-7-11(10-14)6-2-3-8-12;1-2(3)4/h12H,2-8H2,1H3;1H3,(H,3,4). The first-order chi connectivity index (χ1) is 8.97. The van der Waals surface area contributed by atoms with Crippen LogP contribution >= 0.6 is 0 Å². The second kappa shape index (κ2) is 14.4. The molecule has 0 saturated heterocycles. The third kappa shape index (κ3) is 18.8. The Labute approximate surface area is 112 Å². The number of nitroso groups, excluding NO2 is 1. The van der Waals surface area contributed by atoms with Gasteiger partial charge in [0, 0.05) is 33.0 Å². The van der Waals surface area contributed by atoms with Crippen molar-refractivity contribution in [2.45, 2.75) is 32.6 Å². The molecule has 0 aliphatic heterocycles.